The molecule has 0 aliphatic carbocycles. The predicted octanol–water partition coefficient (Wildman–Crippen LogP) is 3.98. The van der Waals surface area contributed by atoms with Crippen LogP contribution in [0.5, 0.6) is 5.88 Å². The van der Waals surface area contributed by atoms with Gasteiger partial charge in [0.05, 0.1) is 5.56 Å². The molecule has 0 saturated carbocycles. The maximum atomic E-state index is 5.89. The molecule has 106 valence electrons. The van der Waals surface area contributed by atoms with E-state index in [1.54, 1.807) is 0 Å². The number of hydrogen-bond donors (Lipinski definition) is 1. The van der Waals surface area contributed by atoms with Crippen LogP contribution in [0.3, 0.4) is 0 Å². The number of aromatic nitrogens is 2. The highest BCUT2D eigenvalue weighted by molar-refractivity contribution is 9.10. The van der Waals surface area contributed by atoms with Crippen LogP contribution in [0.15, 0.2) is 35.1 Å². The molecule has 0 saturated heterocycles. The molecule has 1 heterocycles. The van der Waals surface area contributed by atoms with Crippen molar-refractivity contribution < 1.29 is 4.74 Å². The first-order valence-corrected chi connectivity index (χ1v) is 7.31. The Balaban J connectivity index is 2.24. The summed E-state index contributed by atoms with van der Waals surface area (Å²) >= 11 is 3.52. The molecule has 20 heavy (non-hydrogen) atoms. The number of rotatable bonds is 5. The van der Waals surface area contributed by atoms with Crippen LogP contribution in [-0.2, 0) is 6.61 Å². The first-order chi connectivity index (χ1) is 9.63. The SMILES string of the molecule is CNc1ncnc(OCc2ccccc2Br)c1C(C)C. The molecule has 1 aromatic carbocycles. The predicted molar refractivity (Wildman–Crippen MR) is 84.1 cm³/mol. The quantitative estimate of drug-likeness (QED) is 0.897. The van der Waals surface area contributed by atoms with Gasteiger partial charge < -0.3 is 10.1 Å². The van der Waals surface area contributed by atoms with Crippen LogP contribution in [0, 0.1) is 0 Å². The third kappa shape index (κ3) is 3.28. The van der Waals surface area contributed by atoms with E-state index in [1.807, 2.05) is 31.3 Å². The van der Waals surface area contributed by atoms with E-state index in [0.29, 0.717) is 12.5 Å². The van der Waals surface area contributed by atoms with Crippen molar-refractivity contribution in [3.8, 4) is 5.88 Å². The number of nitrogens with zero attached hydrogens (tertiary/aromatic N) is 2. The van der Waals surface area contributed by atoms with Crippen molar-refractivity contribution in [1.29, 1.82) is 0 Å². The molecule has 2 rings (SSSR count). The standard InChI is InChI=1S/C15H18BrN3O/c1-10(2)13-14(17-3)18-9-19-15(13)20-8-11-6-4-5-7-12(11)16/h4-7,9-10H,8H2,1-3H3,(H,17,18,19). The molecule has 0 aliphatic heterocycles. The molecule has 0 unspecified atom stereocenters. The highest BCUT2D eigenvalue weighted by Crippen LogP contribution is 2.30. The monoisotopic (exact) mass is 335 g/mol. The van der Waals surface area contributed by atoms with Crippen molar-refractivity contribution >= 4 is 21.7 Å². The fourth-order valence-corrected chi connectivity index (χ4v) is 2.37. The molecule has 0 fully saturated rings. The maximum Gasteiger partial charge on any atom is 0.222 e. The third-order valence-electron chi connectivity index (χ3n) is 2.98. The molecule has 4 nitrogen and oxygen atoms in total. The summed E-state index contributed by atoms with van der Waals surface area (Å²) in [5.74, 6) is 1.74. The van der Waals surface area contributed by atoms with E-state index in [1.165, 1.54) is 6.33 Å². The van der Waals surface area contributed by atoms with Crippen LogP contribution in [0.25, 0.3) is 0 Å². The molecule has 0 radical (unpaired) electrons. The minimum Gasteiger partial charge on any atom is -0.472 e. The van der Waals surface area contributed by atoms with Gasteiger partial charge in [0.1, 0.15) is 18.8 Å². The van der Waals surface area contributed by atoms with Crippen molar-refractivity contribution in [1.82, 2.24) is 9.97 Å². The maximum absolute atomic E-state index is 5.89. The molecular weight excluding hydrogens is 318 g/mol. The second-order valence-electron chi connectivity index (χ2n) is 4.73. The topological polar surface area (TPSA) is 47.0 Å². The highest BCUT2D eigenvalue weighted by atomic mass is 79.9. The van der Waals surface area contributed by atoms with E-state index >= 15 is 0 Å². The molecule has 0 atom stereocenters. The average molecular weight is 336 g/mol. The Morgan fingerprint density at radius 3 is 2.65 bits per heavy atom. The summed E-state index contributed by atoms with van der Waals surface area (Å²) in [7, 11) is 1.85. The van der Waals surface area contributed by atoms with Gasteiger partial charge in [-0.25, -0.2) is 9.97 Å². The zero-order chi connectivity index (χ0) is 14.5. The van der Waals surface area contributed by atoms with Crippen LogP contribution >= 0.6 is 15.9 Å². The Bertz CT molecular complexity index is 587. The summed E-state index contributed by atoms with van der Waals surface area (Å²) in [5, 5.41) is 3.09. The number of anilines is 1. The lowest BCUT2D eigenvalue weighted by atomic mass is 10.1. The van der Waals surface area contributed by atoms with Crippen LogP contribution in [0.1, 0.15) is 30.9 Å². The molecule has 1 N–H and O–H groups in total. The summed E-state index contributed by atoms with van der Waals surface area (Å²) in [6.07, 6.45) is 1.52. The second kappa shape index (κ2) is 6.70. The van der Waals surface area contributed by atoms with Gasteiger partial charge in [-0.3, -0.25) is 0 Å². The van der Waals surface area contributed by atoms with Crippen LogP contribution in [-0.4, -0.2) is 17.0 Å². The number of nitrogens with one attached hydrogen (secondary N) is 1. The van der Waals surface area contributed by atoms with Crippen molar-refractivity contribution in [2.75, 3.05) is 12.4 Å². The molecule has 0 bridgehead atoms. The zero-order valence-corrected chi connectivity index (χ0v) is 13.4. The van der Waals surface area contributed by atoms with Crippen molar-refractivity contribution in [3.05, 3.63) is 46.2 Å². The number of benzene rings is 1. The average Bonchev–Trinajstić information content (AvgIpc) is 2.45. The summed E-state index contributed by atoms with van der Waals surface area (Å²) in [6, 6.07) is 8.00. The summed E-state index contributed by atoms with van der Waals surface area (Å²) in [6.45, 7) is 4.68. The third-order valence-corrected chi connectivity index (χ3v) is 3.76. The van der Waals surface area contributed by atoms with Gasteiger partial charge in [0.25, 0.3) is 0 Å². The van der Waals surface area contributed by atoms with Gasteiger partial charge in [-0.1, -0.05) is 48.0 Å². The van der Waals surface area contributed by atoms with Crippen molar-refractivity contribution in [2.45, 2.75) is 26.4 Å². The van der Waals surface area contributed by atoms with Crippen LogP contribution in [0.2, 0.25) is 0 Å². The van der Waals surface area contributed by atoms with Crippen LogP contribution < -0.4 is 10.1 Å². The number of ether oxygens (including phenoxy) is 1. The fourth-order valence-electron chi connectivity index (χ4n) is 1.98. The Hall–Kier alpha value is -1.62. The van der Waals surface area contributed by atoms with Gasteiger partial charge in [-0.15, -0.1) is 0 Å². The summed E-state index contributed by atoms with van der Waals surface area (Å²) in [5.41, 5.74) is 2.09. The smallest absolute Gasteiger partial charge is 0.222 e. The molecular formula is C15H18BrN3O. The Kier molecular flexibility index (Phi) is 4.95. The number of hydrogen-bond acceptors (Lipinski definition) is 4. The highest BCUT2D eigenvalue weighted by Gasteiger charge is 2.15. The fraction of sp³-hybridized carbons (Fsp3) is 0.333. The minimum absolute atomic E-state index is 0.285. The van der Waals surface area contributed by atoms with E-state index < -0.39 is 0 Å². The zero-order valence-electron chi connectivity index (χ0n) is 11.9. The Labute approximate surface area is 127 Å². The van der Waals surface area contributed by atoms with Crippen LogP contribution in [0.4, 0.5) is 5.82 Å². The molecule has 2 aromatic rings. The molecule has 0 spiro atoms. The van der Waals surface area contributed by atoms with Crippen molar-refractivity contribution in [2.24, 2.45) is 0 Å². The lowest BCUT2D eigenvalue weighted by Crippen LogP contribution is -2.07. The van der Waals surface area contributed by atoms with E-state index in [9.17, 15) is 0 Å². The minimum atomic E-state index is 0.285. The summed E-state index contributed by atoms with van der Waals surface area (Å²) < 4.78 is 6.92. The Morgan fingerprint density at radius 1 is 1.25 bits per heavy atom. The summed E-state index contributed by atoms with van der Waals surface area (Å²) in [4.78, 5) is 8.50. The van der Waals surface area contributed by atoms with E-state index in [2.05, 4.69) is 45.1 Å². The second-order valence-corrected chi connectivity index (χ2v) is 5.58. The first-order valence-electron chi connectivity index (χ1n) is 6.52. The largest absolute Gasteiger partial charge is 0.472 e. The first kappa shape index (κ1) is 14.8. The van der Waals surface area contributed by atoms with Gasteiger partial charge in [0.2, 0.25) is 5.88 Å². The van der Waals surface area contributed by atoms with Crippen molar-refractivity contribution in [3.63, 3.8) is 0 Å². The van der Waals surface area contributed by atoms with E-state index in [4.69, 9.17) is 4.74 Å². The number of halogens is 1. The lowest BCUT2D eigenvalue weighted by Gasteiger charge is -2.16. The molecule has 0 amide bonds. The van der Waals surface area contributed by atoms with Gasteiger partial charge in [-0.2, -0.15) is 0 Å². The lowest BCUT2D eigenvalue weighted by molar-refractivity contribution is 0.288. The van der Waals surface area contributed by atoms with Gasteiger partial charge in [0.15, 0.2) is 0 Å². The van der Waals surface area contributed by atoms with Gasteiger partial charge in [-0.05, 0) is 12.0 Å². The van der Waals surface area contributed by atoms with E-state index in [0.717, 1.165) is 21.4 Å². The molecule has 0 aliphatic rings. The van der Waals surface area contributed by atoms with Gasteiger partial charge >= 0.3 is 0 Å². The molecule has 1 aromatic heterocycles. The van der Waals surface area contributed by atoms with Gasteiger partial charge in [0, 0.05) is 17.1 Å². The normalized spacial score (nSPS) is 10.7. The van der Waals surface area contributed by atoms with E-state index in [-0.39, 0.29) is 5.92 Å². The molecule has 5 heteroatoms. The Morgan fingerprint density at radius 2 is 2.00 bits per heavy atom.